The van der Waals surface area contributed by atoms with Gasteiger partial charge in [-0.3, -0.25) is 4.79 Å². The minimum atomic E-state index is -0.983. The van der Waals surface area contributed by atoms with E-state index >= 15 is 0 Å². The van der Waals surface area contributed by atoms with Crippen molar-refractivity contribution in [1.29, 1.82) is 0 Å². The number of carbonyl (C=O) groups excluding carboxylic acids is 2. The number of hydrogen-bond acceptors (Lipinski definition) is 5. The van der Waals surface area contributed by atoms with Crippen LogP contribution in [0.2, 0.25) is 0 Å². The van der Waals surface area contributed by atoms with Crippen LogP contribution in [-0.2, 0) is 20.9 Å². The molecule has 0 saturated heterocycles. The molecule has 0 aliphatic heterocycles. The molecule has 0 aliphatic carbocycles. The molecule has 0 heterocycles. The number of benzene rings is 1. The van der Waals surface area contributed by atoms with Gasteiger partial charge in [-0.1, -0.05) is 30.3 Å². The van der Waals surface area contributed by atoms with Crippen LogP contribution in [0.25, 0.3) is 0 Å². The van der Waals surface area contributed by atoms with E-state index in [2.05, 4.69) is 5.32 Å². The van der Waals surface area contributed by atoms with Crippen molar-refractivity contribution in [3.05, 3.63) is 35.9 Å². The number of nitrogens with one attached hydrogen (secondary N) is 1. The van der Waals surface area contributed by atoms with Crippen LogP contribution in [0.5, 0.6) is 0 Å². The Morgan fingerprint density at radius 3 is 2.55 bits per heavy atom. The summed E-state index contributed by atoms with van der Waals surface area (Å²) in [5, 5.41) is 12.1. The summed E-state index contributed by atoms with van der Waals surface area (Å²) in [6.07, 6.45) is -2.31. The minimum Gasteiger partial charge on any atom is -0.460 e. The second kappa shape index (κ2) is 8.16. The molecule has 1 aromatic rings. The molecule has 2 atom stereocenters. The number of aliphatic hydroxyl groups excluding tert-OH is 1. The standard InChI is InChI=1S/C14H19NO5/c1-10(20-11(2)16)13(17)8-15-14(18)19-9-12-6-4-3-5-7-12/h3-7,10,13,17H,8-9H2,1-2H3,(H,15,18)/t10-,13-/m1/s1. The maximum absolute atomic E-state index is 11.4. The maximum Gasteiger partial charge on any atom is 0.407 e. The van der Waals surface area contributed by atoms with Gasteiger partial charge in [0.25, 0.3) is 0 Å². The Labute approximate surface area is 117 Å². The molecule has 0 unspecified atom stereocenters. The summed E-state index contributed by atoms with van der Waals surface area (Å²) in [5.74, 6) is -0.483. The normalized spacial score (nSPS) is 13.2. The van der Waals surface area contributed by atoms with Gasteiger partial charge in [0.1, 0.15) is 18.8 Å². The lowest BCUT2D eigenvalue weighted by Gasteiger charge is -2.18. The monoisotopic (exact) mass is 281 g/mol. The molecule has 0 aromatic heterocycles. The lowest BCUT2D eigenvalue weighted by molar-refractivity contribution is -0.150. The first-order valence-electron chi connectivity index (χ1n) is 6.29. The Balaban J connectivity index is 2.24. The third-order valence-corrected chi connectivity index (χ3v) is 2.56. The van der Waals surface area contributed by atoms with E-state index in [1.54, 1.807) is 6.92 Å². The van der Waals surface area contributed by atoms with E-state index in [4.69, 9.17) is 9.47 Å². The molecule has 0 fully saturated rings. The van der Waals surface area contributed by atoms with Crippen molar-refractivity contribution in [2.75, 3.05) is 6.54 Å². The van der Waals surface area contributed by atoms with Crippen molar-refractivity contribution in [3.8, 4) is 0 Å². The summed E-state index contributed by atoms with van der Waals surface area (Å²) in [5.41, 5.74) is 0.872. The summed E-state index contributed by atoms with van der Waals surface area (Å²) in [6.45, 7) is 2.90. The van der Waals surface area contributed by atoms with Crippen LogP contribution in [0.4, 0.5) is 4.79 Å². The fourth-order valence-corrected chi connectivity index (χ4v) is 1.47. The average molecular weight is 281 g/mol. The quantitative estimate of drug-likeness (QED) is 0.766. The van der Waals surface area contributed by atoms with Gasteiger partial charge in [0, 0.05) is 6.92 Å². The highest BCUT2D eigenvalue weighted by atomic mass is 16.6. The average Bonchev–Trinajstić information content (AvgIpc) is 2.42. The highest BCUT2D eigenvalue weighted by Gasteiger charge is 2.17. The van der Waals surface area contributed by atoms with Crippen LogP contribution in [0.1, 0.15) is 19.4 Å². The number of hydrogen-bond donors (Lipinski definition) is 2. The molecule has 0 aliphatic rings. The van der Waals surface area contributed by atoms with Gasteiger partial charge in [-0.2, -0.15) is 0 Å². The fourth-order valence-electron chi connectivity index (χ4n) is 1.47. The summed E-state index contributed by atoms with van der Waals surface area (Å²) >= 11 is 0. The Bertz CT molecular complexity index is 434. The molecular formula is C14H19NO5. The first kappa shape index (κ1) is 16.0. The van der Waals surface area contributed by atoms with E-state index in [0.29, 0.717) is 0 Å². The molecular weight excluding hydrogens is 262 g/mol. The van der Waals surface area contributed by atoms with E-state index in [-0.39, 0.29) is 13.2 Å². The molecule has 1 rings (SSSR count). The van der Waals surface area contributed by atoms with Crippen LogP contribution >= 0.6 is 0 Å². The van der Waals surface area contributed by atoms with E-state index in [0.717, 1.165) is 5.56 Å². The van der Waals surface area contributed by atoms with E-state index in [1.165, 1.54) is 6.92 Å². The van der Waals surface area contributed by atoms with Gasteiger partial charge >= 0.3 is 12.1 Å². The van der Waals surface area contributed by atoms with Gasteiger partial charge in [-0.05, 0) is 12.5 Å². The van der Waals surface area contributed by atoms with Crippen molar-refractivity contribution >= 4 is 12.1 Å². The largest absolute Gasteiger partial charge is 0.460 e. The number of alkyl carbamates (subject to hydrolysis) is 1. The molecule has 20 heavy (non-hydrogen) atoms. The predicted octanol–water partition coefficient (Wildman–Crippen LogP) is 1.23. The second-order valence-corrected chi connectivity index (χ2v) is 4.32. The third-order valence-electron chi connectivity index (χ3n) is 2.56. The van der Waals surface area contributed by atoms with Gasteiger partial charge in [0.05, 0.1) is 6.54 Å². The molecule has 6 heteroatoms. The smallest absolute Gasteiger partial charge is 0.407 e. The molecule has 110 valence electrons. The van der Waals surface area contributed by atoms with Crippen molar-refractivity contribution in [2.45, 2.75) is 32.7 Å². The van der Waals surface area contributed by atoms with Gasteiger partial charge in [0.2, 0.25) is 0 Å². The molecule has 1 amide bonds. The fraction of sp³-hybridized carbons (Fsp3) is 0.429. The molecule has 6 nitrogen and oxygen atoms in total. The topological polar surface area (TPSA) is 84.9 Å². The number of carbonyl (C=O) groups is 2. The molecule has 1 aromatic carbocycles. The zero-order valence-electron chi connectivity index (χ0n) is 11.5. The Hall–Kier alpha value is -2.08. The summed E-state index contributed by atoms with van der Waals surface area (Å²) in [4.78, 5) is 22.1. The second-order valence-electron chi connectivity index (χ2n) is 4.32. The van der Waals surface area contributed by atoms with Crippen LogP contribution < -0.4 is 5.32 Å². The molecule has 2 N–H and O–H groups in total. The van der Waals surface area contributed by atoms with Crippen LogP contribution in [0.15, 0.2) is 30.3 Å². The van der Waals surface area contributed by atoms with Crippen molar-refractivity contribution in [2.24, 2.45) is 0 Å². The SMILES string of the molecule is CC(=O)O[C@H](C)[C@H](O)CNC(=O)OCc1ccccc1. The van der Waals surface area contributed by atoms with Gasteiger partial charge in [-0.25, -0.2) is 4.79 Å². The predicted molar refractivity (Wildman–Crippen MR) is 71.9 cm³/mol. The molecule has 0 radical (unpaired) electrons. The molecule has 0 bridgehead atoms. The first-order chi connectivity index (χ1) is 9.49. The Morgan fingerprint density at radius 1 is 1.30 bits per heavy atom. The van der Waals surface area contributed by atoms with Crippen LogP contribution in [-0.4, -0.2) is 35.9 Å². The maximum atomic E-state index is 11.4. The highest BCUT2D eigenvalue weighted by Crippen LogP contribution is 2.01. The number of aliphatic hydroxyl groups is 1. The summed E-state index contributed by atoms with van der Waals surface area (Å²) < 4.78 is 9.76. The van der Waals surface area contributed by atoms with Crippen LogP contribution in [0.3, 0.4) is 0 Å². The Morgan fingerprint density at radius 2 is 1.95 bits per heavy atom. The van der Waals surface area contributed by atoms with Gasteiger partial charge < -0.3 is 19.9 Å². The lowest BCUT2D eigenvalue weighted by Crippen LogP contribution is -2.39. The van der Waals surface area contributed by atoms with E-state index in [1.807, 2.05) is 30.3 Å². The van der Waals surface area contributed by atoms with Gasteiger partial charge in [0.15, 0.2) is 0 Å². The molecule has 0 saturated carbocycles. The lowest BCUT2D eigenvalue weighted by atomic mass is 10.2. The van der Waals surface area contributed by atoms with Crippen LogP contribution in [0, 0.1) is 0 Å². The first-order valence-corrected chi connectivity index (χ1v) is 6.29. The number of esters is 1. The Kier molecular flexibility index (Phi) is 6.52. The van der Waals surface area contributed by atoms with Crippen molar-refractivity contribution < 1.29 is 24.2 Å². The zero-order valence-corrected chi connectivity index (χ0v) is 11.5. The van der Waals surface area contributed by atoms with Crippen molar-refractivity contribution in [1.82, 2.24) is 5.32 Å². The van der Waals surface area contributed by atoms with E-state index < -0.39 is 24.3 Å². The number of amides is 1. The highest BCUT2D eigenvalue weighted by molar-refractivity contribution is 5.67. The molecule has 0 spiro atoms. The summed E-state index contributed by atoms with van der Waals surface area (Å²) in [7, 11) is 0. The third kappa shape index (κ3) is 6.19. The van der Waals surface area contributed by atoms with Crippen molar-refractivity contribution in [3.63, 3.8) is 0 Å². The summed E-state index contributed by atoms with van der Waals surface area (Å²) in [6, 6.07) is 9.24. The minimum absolute atomic E-state index is 0.0535. The van der Waals surface area contributed by atoms with Gasteiger partial charge in [-0.15, -0.1) is 0 Å². The van der Waals surface area contributed by atoms with E-state index in [9.17, 15) is 14.7 Å². The number of ether oxygens (including phenoxy) is 2. The number of rotatable bonds is 6. The zero-order chi connectivity index (χ0) is 15.0.